The van der Waals surface area contributed by atoms with E-state index in [9.17, 15) is 14.4 Å². The maximum absolute atomic E-state index is 12.7. The first-order valence-electron chi connectivity index (χ1n) is 24.1. The van der Waals surface area contributed by atoms with E-state index in [0.29, 0.717) is 19.3 Å². The first-order valence-corrected chi connectivity index (χ1v) is 24.1. The second-order valence-corrected chi connectivity index (χ2v) is 16.0. The minimum atomic E-state index is -0.788. The third-order valence-electron chi connectivity index (χ3n) is 10.3. The molecule has 0 aliphatic heterocycles. The minimum absolute atomic E-state index is 0.0871. The first-order chi connectivity index (χ1) is 28.0. The van der Waals surface area contributed by atoms with Crippen molar-refractivity contribution < 1.29 is 28.6 Å². The Kier molecular flexibility index (Phi) is 43.9. The Hall–Kier alpha value is -2.63. The quantitative estimate of drug-likeness (QED) is 0.0265. The van der Waals surface area contributed by atoms with Gasteiger partial charge in [0.05, 0.1) is 0 Å². The van der Waals surface area contributed by atoms with Crippen LogP contribution < -0.4 is 0 Å². The molecular formula is C51H90O6. The van der Waals surface area contributed by atoms with Gasteiger partial charge < -0.3 is 14.2 Å². The number of esters is 3. The molecule has 0 N–H and O–H groups in total. The van der Waals surface area contributed by atoms with Crippen LogP contribution in [0.3, 0.4) is 0 Å². The molecule has 0 aliphatic carbocycles. The highest BCUT2D eigenvalue weighted by molar-refractivity contribution is 5.71. The molecule has 0 aromatic carbocycles. The standard InChI is InChI=1S/C51H90O6/c1-4-7-10-13-16-18-20-22-24-25-27-28-30-32-35-38-41-44-50(53)56-47-48(46-55-49(52)43-40-37-34-15-12-9-6-3)57-51(54)45-42-39-36-33-31-29-26-23-21-19-17-14-11-8-5-2/h8,11,17,19,23,26,31,33,48H,4-7,9-10,12-16,18,20-22,24-25,27-30,32,34-47H2,1-3H3/b11-8-,19-17-,26-23-,33-31-. The Labute approximate surface area is 352 Å². The van der Waals surface area contributed by atoms with Gasteiger partial charge in [0.25, 0.3) is 0 Å². The van der Waals surface area contributed by atoms with Crippen molar-refractivity contribution in [3.8, 4) is 0 Å². The van der Waals surface area contributed by atoms with Crippen molar-refractivity contribution in [2.45, 2.75) is 245 Å². The van der Waals surface area contributed by atoms with Crippen molar-refractivity contribution in [1.29, 1.82) is 0 Å². The molecule has 1 atom stereocenters. The Balaban J connectivity index is 4.31. The largest absolute Gasteiger partial charge is 0.462 e. The molecule has 6 heteroatoms. The highest BCUT2D eigenvalue weighted by atomic mass is 16.6. The summed E-state index contributed by atoms with van der Waals surface area (Å²) in [5.74, 6) is -0.931. The average Bonchev–Trinajstić information content (AvgIpc) is 3.21. The SMILES string of the molecule is CC/C=C\C/C=C\C/C=C\C/C=C\CCCCC(=O)OC(COC(=O)CCCCCCCCC)COC(=O)CCCCCCCCCCCCCCCCCCC. The predicted octanol–water partition coefficient (Wildman–Crippen LogP) is 15.5. The molecule has 0 spiro atoms. The second-order valence-electron chi connectivity index (χ2n) is 16.0. The molecule has 0 saturated heterocycles. The van der Waals surface area contributed by atoms with Crippen LogP contribution in [0.2, 0.25) is 0 Å². The Morgan fingerprint density at radius 2 is 0.684 bits per heavy atom. The Morgan fingerprint density at radius 3 is 1.07 bits per heavy atom. The predicted molar refractivity (Wildman–Crippen MR) is 242 cm³/mol. The highest BCUT2D eigenvalue weighted by Crippen LogP contribution is 2.15. The summed E-state index contributed by atoms with van der Waals surface area (Å²) in [7, 11) is 0. The van der Waals surface area contributed by atoms with Gasteiger partial charge in [-0.2, -0.15) is 0 Å². The van der Waals surface area contributed by atoms with E-state index >= 15 is 0 Å². The summed E-state index contributed by atoms with van der Waals surface area (Å²) in [5, 5.41) is 0. The molecule has 0 amide bonds. The molecule has 0 saturated carbocycles. The lowest BCUT2D eigenvalue weighted by molar-refractivity contribution is -0.167. The molecule has 0 aromatic heterocycles. The number of carbonyl (C=O) groups excluding carboxylic acids is 3. The van der Waals surface area contributed by atoms with Crippen LogP contribution >= 0.6 is 0 Å². The lowest BCUT2D eigenvalue weighted by atomic mass is 10.0. The first kappa shape index (κ1) is 54.4. The molecule has 57 heavy (non-hydrogen) atoms. The number of ether oxygens (including phenoxy) is 3. The number of unbranched alkanes of at least 4 members (excludes halogenated alkanes) is 24. The molecule has 0 bridgehead atoms. The molecule has 0 aliphatic rings. The summed E-state index contributed by atoms with van der Waals surface area (Å²) in [6.45, 7) is 6.45. The molecule has 1 unspecified atom stereocenters. The number of allylic oxidation sites excluding steroid dienone is 8. The average molecular weight is 799 g/mol. The van der Waals surface area contributed by atoms with Crippen LogP contribution in [0.25, 0.3) is 0 Å². The van der Waals surface area contributed by atoms with Crippen molar-refractivity contribution in [2.75, 3.05) is 13.2 Å². The van der Waals surface area contributed by atoms with E-state index < -0.39 is 6.10 Å². The van der Waals surface area contributed by atoms with Gasteiger partial charge in [0, 0.05) is 19.3 Å². The maximum atomic E-state index is 12.7. The van der Waals surface area contributed by atoms with Gasteiger partial charge in [0.2, 0.25) is 0 Å². The summed E-state index contributed by atoms with van der Waals surface area (Å²) < 4.78 is 16.7. The van der Waals surface area contributed by atoms with Crippen LogP contribution in [0, 0.1) is 0 Å². The minimum Gasteiger partial charge on any atom is -0.462 e. The number of hydrogen-bond donors (Lipinski definition) is 0. The van der Waals surface area contributed by atoms with Crippen LogP contribution in [-0.4, -0.2) is 37.2 Å². The molecule has 330 valence electrons. The molecule has 0 rings (SSSR count). The second kappa shape index (κ2) is 46.1. The van der Waals surface area contributed by atoms with E-state index in [-0.39, 0.29) is 37.5 Å². The molecule has 0 radical (unpaired) electrons. The Morgan fingerprint density at radius 1 is 0.368 bits per heavy atom. The molecule has 0 heterocycles. The van der Waals surface area contributed by atoms with Crippen LogP contribution in [0.15, 0.2) is 48.6 Å². The van der Waals surface area contributed by atoms with E-state index in [1.165, 1.54) is 116 Å². The monoisotopic (exact) mass is 799 g/mol. The summed E-state index contributed by atoms with van der Waals surface area (Å²) in [6, 6.07) is 0. The lowest BCUT2D eigenvalue weighted by Gasteiger charge is -2.18. The van der Waals surface area contributed by atoms with Crippen molar-refractivity contribution in [1.82, 2.24) is 0 Å². The lowest BCUT2D eigenvalue weighted by Crippen LogP contribution is -2.30. The number of rotatable bonds is 43. The van der Waals surface area contributed by atoms with E-state index in [1.807, 2.05) is 0 Å². The zero-order valence-electron chi connectivity index (χ0n) is 37.6. The van der Waals surface area contributed by atoms with Crippen molar-refractivity contribution >= 4 is 17.9 Å². The van der Waals surface area contributed by atoms with Crippen molar-refractivity contribution in [3.63, 3.8) is 0 Å². The number of hydrogen-bond acceptors (Lipinski definition) is 6. The third kappa shape index (κ3) is 44.3. The van der Waals surface area contributed by atoms with E-state index in [4.69, 9.17) is 14.2 Å². The van der Waals surface area contributed by atoms with Crippen molar-refractivity contribution in [2.24, 2.45) is 0 Å². The smallest absolute Gasteiger partial charge is 0.306 e. The molecular weight excluding hydrogens is 709 g/mol. The Bertz CT molecular complexity index is 1010. The van der Waals surface area contributed by atoms with E-state index in [0.717, 1.165) is 77.0 Å². The van der Waals surface area contributed by atoms with Gasteiger partial charge >= 0.3 is 17.9 Å². The van der Waals surface area contributed by atoms with Crippen LogP contribution in [0.4, 0.5) is 0 Å². The van der Waals surface area contributed by atoms with Gasteiger partial charge in [0.15, 0.2) is 6.10 Å². The molecule has 0 aromatic rings. The number of carbonyl (C=O) groups is 3. The van der Waals surface area contributed by atoms with E-state index in [1.54, 1.807) is 0 Å². The van der Waals surface area contributed by atoms with Gasteiger partial charge in [-0.1, -0.05) is 211 Å². The van der Waals surface area contributed by atoms with E-state index in [2.05, 4.69) is 69.4 Å². The summed E-state index contributed by atoms with van der Waals surface area (Å²) in [5.41, 5.74) is 0. The van der Waals surface area contributed by atoms with Gasteiger partial charge in [-0.25, -0.2) is 0 Å². The summed E-state index contributed by atoms with van der Waals surface area (Å²) in [6.07, 6.45) is 54.0. The fourth-order valence-electron chi connectivity index (χ4n) is 6.73. The maximum Gasteiger partial charge on any atom is 0.306 e. The zero-order chi connectivity index (χ0) is 41.5. The van der Waals surface area contributed by atoms with Gasteiger partial charge in [-0.3, -0.25) is 14.4 Å². The van der Waals surface area contributed by atoms with Gasteiger partial charge in [0.1, 0.15) is 13.2 Å². The van der Waals surface area contributed by atoms with Crippen LogP contribution in [-0.2, 0) is 28.6 Å². The fourth-order valence-corrected chi connectivity index (χ4v) is 6.73. The third-order valence-corrected chi connectivity index (χ3v) is 10.3. The molecule has 0 fully saturated rings. The molecule has 6 nitrogen and oxygen atoms in total. The zero-order valence-corrected chi connectivity index (χ0v) is 37.6. The topological polar surface area (TPSA) is 78.9 Å². The van der Waals surface area contributed by atoms with Crippen molar-refractivity contribution in [3.05, 3.63) is 48.6 Å². The van der Waals surface area contributed by atoms with Crippen LogP contribution in [0.1, 0.15) is 239 Å². The summed E-state index contributed by atoms with van der Waals surface area (Å²) >= 11 is 0. The summed E-state index contributed by atoms with van der Waals surface area (Å²) in [4.78, 5) is 37.7. The van der Waals surface area contributed by atoms with Crippen LogP contribution in [0.5, 0.6) is 0 Å². The highest BCUT2D eigenvalue weighted by Gasteiger charge is 2.19. The normalized spacial score (nSPS) is 12.4. The fraction of sp³-hybridized carbons (Fsp3) is 0.784. The van der Waals surface area contributed by atoms with Gasteiger partial charge in [-0.05, 0) is 57.8 Å². The van der Waals surface area contributed by atoms with Gasteiger partial charge in [-0.15, -0.1) is 0 Å².